The Kier molecular flexibility index (Phi) is 4.45. The van der Waals surface area contributed by atoms with Crippen LogP contribution in [-0.4, -0.2) is 48.0 Å². The number of rotatable bonds is 3. The second-order valence-electron chi connectivity index (χ2n) is 6.33. The Morgan fingerprint density at radius 1 is 1.33 bits per heavy atom. The van der Waals surface area contributed by atoms with Crippen molar-refractivity contribution >= 4 is 22.4 Å². The normalized spacial score (nSPS) is 25.2. The van der Waals surface area contributed by atoms with Crippen molar-refractivity contribution in [2.75, 3.05) is 31.1 Å². The number of piperidine rings is 2. The van der Waals surface area contributed by atoms with Crippen LogP contribution in [0, 0.1) is 5.92 Å². The van der Waals surface area contributed by atoms with Gasteiger partial charge in [-0.05, 0) is 38.1 Å². The smallest absolute Gasteiger partial charge is 0.260 e. The molecule has 0 bridgehead atoms. The first-order valence-electron chi connectivity index (χ1n) is 7.88. The predicted octanol–water partition coefficient (Wildman–Crippen LogP) is 1.94. The monoisotopic (exact) mass is 308 g/mol. The fraction of sp³-hybridized carbons (Fsp3) is 0.733. The van der Waals surface area contributed by atoms with E-state index < -0.39 is 0 Å². The van der Waals surface area contributed by atoms with Crippen molar-refractivity contribution < 1.29 is 4.79 Å². The maximum Gasteiger partial charge on any atom is 0.260 e. The van der Waals surface area contributed by atoms with Gasteiger partial charge in [0.05, 0.1) is 6.20 Å². The summed E-state index contributed by atoms with van der Waals surface area (Å²) < 4.78 is 0. The lowest BCUT2D eigenvalue weighted by Crippen LogP contribution is -2.48. The zero-order chi connectivity index (χ0) is 14.8. The molecule has 0 saturated carbocycles. The molecule has 0 unspecified atom stereocenters. The van der Waals surface area contributed by atoms with Gasteiger partial charge in [-0.1, -0.05) is 18.3 Å². The number of primary amides is 1. The molecule has 1 atom stereocenters. The van der Waals surface area contributed by atoms with E-state index in [0.29, 0.717) is 4.88 Å². The molecule has 5 nitrogen and oxygen atoms in total. The molecule has 116 valence electrons. The van der Waals surface area contributed by atoms with Crippen LogP contribution in [0.3, 0.4) is 0 Å². The van der Waals surface area contributed by atoms with Crippen LogP contribution >= 0.6 is 11.3 Å². The van der Waals surface area contributed by atoms with E-state index in [4.69, 9.17) is 5.73 Å². The average Bonchev–Trinajstić information content (AvgIpc) is 2.97. The van der Waals surface area contributed by atoms with Gasteiger partial charge in [-0.2, -0.15) is 0 Å². The maximum atomic E-state index is 11.2. The van der Waals surface area contributed by atoms with Crippen LogP contribution in [0.15, 0.2) is 6.20 Å². The van der Waals surface area contributed by atoms with Crippen LogP contribution < -0.4 is 10.6 Å². The van der Waals surface area contributed by atoms with Gasteiger partial charge in [0.2, 0.25) is 0 Å². The minimum atomic E-state index is -0.379. The molecule has 2 saturated heterocycles. The summed E-state index contributed by atoms with van der Waals surface area (Å²) in [6.45, 7) is 6.94. The molecule has 1 amide bonds. The first kappa shape index (κ1) is 14.8. The lowest BCUT2D eigenvalue weighted by Gasteiger charge is -2.41. The molecule has 2 aliphatic heterocycles. The molecule has 2 fully saturated rings. The van der Waals surface area contributed by atoms with E-state index in [-0.39, 0.29) is 5.91 Å². The van der Waals surface area contributed by atoms with Gasteiger partial charge in [0.25, 0.3) is 5.91 Å². The zero-order valence-electron chi connectivity index (χ0n) is 12.6. The fourth-order valence-corrected chi connectivity index (χ4v) is 4.32. The molecular weight excluding hydrogens is 284 g/mol. The number of aromatic nitrogens is 1. The molecule has 2 N–H and O–H groups in total. The Morgan fingerprint density at radius 2 is 2.10 bits per heavy atom. The molecule has 2 aliphatic rings. The molecule has 3 rings (SSSR count). The van der Waals surface area contributed by atoms with E-state index in [1.54, 1.807) is 6.20 Å². The number of nitrogens with two attached hydrogens (primary N) is 1. The fourth-order valence-electron chi connectivity index (χ4n) is 3.50. The van der Waals surface area contributed by atoms with Crippen molar-refractivity contribution in [1.29, 1.82) is 0 Å². The van der Waals surface area contributed by atoms with E-state index >= 15 is 0 Å². The summed E-state index contributed by atoms with van der Waals surface area (Å²) >= 11 is 1.41. The van der Waals surface area contributed by atoms with Crippen molar-refractivity contribution in [3.8, 4) is 0 Å². The molecule has 3 heterocycles. The zero-order valence-corrected chi connectivity index (χ0v) is 13.4. The Labute approximate surface area is 130 Å². The lowest BCUT2D eigenvalue weighted by atomic mass is 9.95. The van der Waals surface area contributed by atoms with Crippen LogP contribution in [0.4, 0.5) is 5.13 Å². The number of likely N-dealkylation sites (tertiary alicyclic amines) is 1. The number of amides is 1. The summed E-state index contributed by atoms with van der Waals surface area (Å²) in [5, 5.41) is 0.939. The van der Waals surface area contributed by atoms with Crippen LogP contribution in [0.25, 0.3) is 0 Å². The van der Waals surface area contributed by atoms with Crippen LogP contribution in [0.1, 0.15) is 42.3 Å². The van der Waals surface area contributed by atoms with Crippen molar-refractivity contribution in [2.24, 2.45) is 11.7 Å². The quantitative estimate of drug-likeness (QED) is 0.927. The van der Waals surface area contributed by atoms with E-state index in [2.05, 4.69) is 21.7 Å². The third kappa shape index (κ3) is 3.37. The number of carbonyl (C=O) groups excluding carboxylic acids is 1. The Bertz CT molecular complexity index is 496. The van der Waals surface area contributed by atoms with Gasteiger partial charge in [0.1, 0.15) is 4.88 Å². The van der Waals surface area contributed by atoms with Gasteiger partial charge in [0.15, 0.2) is 5.13 Å². The highest BCUT2D eigenvalue weighted by Crippen LogP contribution is 2.28. The van der Waals surface area contributed by atoms with E-state index in [1.165, 1.54) is 50.1 Å². The summed E-state index contributed by atoms with van der Waals surface area (Å²) in [6, 6.07) is 0.722. The second-order valence-corrected chi connectivity index (χ2v) is 7.34. The minimum Gasteiger partial charge on any atom is -0.365 e. The van der Waals surface area contributed by atoms with E-state index in [9.17, 15) is 4.79 Å². The van der Waals surface area contributed by atoms with Crippen molar-refractivity contribution in [3.05, 3.63) is 11.1 Å². The van der Waals surface area contributed by atoms with Crippen molar-refractivity contribution in [3.63, 3.8) is 0 Å². The van der Waals surface area contributed by atoms with E-state index in [0.717, 1.165) is 30.2 Å². The highest BCUT2D eigenvalue weighted by atomic mass is 32.1. The number of hydrogen-bond acceptors (Lipinski definition) is 5. The SMILES string of the molecule is C[C@@H]1CCCN(C2CCN(c3ncc(C(N)=O)s3)CC2)C1. The number of hydrogen-bond donors (Lipinski definition) is 1. The largest absolute Gasteiger partial charge is 0.365 e. The summed E-state index contributed by atoms with van der Waals surface area (Å²) in [5.74, 6) is 0.463. The number of anilines is 1. The van der Waals surface area contributed by atoms with Crippen molar-refractivity contribution in [2.45, 2.75) is 38.6 Å². The summed E-state index contributed by atoms with van der Waals surface area (Å²) in [4.78, 5) is 21.0. The summed E-state index contributed by atoms with van der Waals surface area (Å²) in [7, 11) is 0. The molecule has 0 spiro atoms. The highest BCUT2D eigenvalue weighted by molar-refractivity contribution is 7.17. The number of nitrogens with zero attached hydrogens (tertiary/aromatic N) is 3. The standard InChI is InChI=1S/C15H24N4OS/c1-11-3-2-6-19(10-11)12-4-7-18(8-5-12)15-17-9-13(21-15)14(16)20/h9,11-12H,2-8,10H2,1H3,(H2,16,20)/t11-/m1/s1. The molecule has 0 radical (unpaired) electrons. The first-order chi connectivity index (χ1) is 10.1. The van der Waals surface area contributed by atoms with Gasteiger partial charge in [-0.3, -0.25) is 9.69 Å². The highest BCUT2D eigenvalue weighted by Gasteiger charge is 2.28. The number of carbonyl (C=O) groups is 1. The third-order valence-corrected chi connectivity index (χ3v) is 5.75. The molecule has 6 heteroatoms. The molecule has 1 aromatic rings. The average molecular weight is 308 g/mol. The molecule has 1 aromatic heterocycles. The van der Waals surface area contributed by atoms with Gasteiger partial charge >= 0.3 is 0 Å². The summed E-state index contributed by atoms with van der Waals surface area (Å²) in [6.07, 6.45) is 6.71. The van der Waals surface area contributed by atoms with Crippen molar-refractivity contribution in [1.82, 2.24) is 9.88 Å². The Balaban J connectivity index is 1.55. The Morgan fingerprint density at radius 3 is 2.71 bits per heavy atom. The molecule has 21 heavy (non-hydrogen) atoms. The third-order valence-electron chi connectivity index (χ3n) is 4.68. The van der Waals surface area contributed by atoms with Crippen LogP contribution in [0.2, 0.25) is 0 Å². The van der Waals surface area contributed by atoms with Gasteiger partial charge < -0.3 is 10.6 Å². The lowest BCUT2D eigenvalue weighted by molar-refractivity contribution is 0.100. The molecule has 0 aliphatic carbocycles. The Hall–Kier alpha value is -1.14. The topological polar surface area (TPSA) is 62.5 Å². The van der Waals surface area contributed by atoms with Gasteiger partial charge in [0, 0.05) is 25.7 Å². The number of thiazole rings is 1. The van der Waals surface area contributed by atoms with Crippen LogP contribution in [0.5, 0.6) is 0 Å². The molecular formula is C15H24N4OS. The first-order valence-corrected chi connectivity index (χ1v) is 8.70. The van der Waals surface area contributed by atoms with Gasteiger partial charge in [-0.15, -0.1) is 0 Å². The van der Waals surface area contributed by atoms with Gasteiger partial charge in [-0.25, -0.2) is 4.98 Å². The maximum absolute atomic E-state index is 11.2. The van der Waals surface area contributed by atoms with Crippen LogP contribution in [-0.2, 0) is 0 Å². The molecule has 0 aromatic carbocycles. The second kappa shape index (κ2) is 6.32. The predicted molar refractivity (Wildman–Crippen MR) is 85.8 cm³/mol. The summed E-state index contributed by atoms with van der Waals surface area (Å²) in [5.41, 5.74) is 5.30. The van der Waals surface area contributed by atoms with E-state index in [1.807, 2.05) is 0 Å². The minimum absolute atomic E-state index is 0.379.